The predicted octanol–water partition coefficient (Wildman–Crippen LogP) is 5.13. The summed E-state index contributed by atoms with van der Waals surface area (Å²) in [5.74, 6) is 0.486. The molecule has 0 N–H and O–H groups in total. The van der Waals surface area contributed by atoms with Crippen molar-refractivity contribution >= 4 is 28.7 Å². The standard InChI is InChI=1S/C19H18ClNO2S/c1-13-10-16(14(2)21(13)11-15-6-5-9-24-15)18(22)12-23-19-8-4-3-7-17(19)20/h3-10H,11-12H2,1-2H3. The summed E-state index contributed by atoms with van der Waals surface area (Å²) in [6, 6.07) is 13.2. The molecule has 0 unspecified atom stereocenters. The van der Waals surface area contributed by atoms with Gasteiger partial charge in [0, 0.05) is 21.8 Å². The minimum atomic E-state index is -0.0413. The number of para-hydroxylation sites is 1. The highest BCUT2D eigenvalue weighted by Crippen LogP contribution is 2.24. The lowest BCUT2D eigenvalue weighted by Gasteiger charge is -2.09. The quantitative estimate of drug-likeness (QED) is 0.571. The molecule has 0 saturated carbocycles. The van der Waals surface area contributed by atoms with Crippen LogP contribution in [0.1, 0.15) is 26.6 Å². The second kappa shape index (κ2) is 7.24. The number of carbonyl (C=O) groups excluding carboxylic acids is 1. The molecule has 0 bridgehead atoms. The number of halogens is 1. The van der Waals surface area contributed by atoms with Gasteiger partial charge in [-0.05, 0) is 43.5 Å². The molecule has 0 atom stereocenters. The predicted molar refractivity (Wildman–Crippen MR) is 98.6 cm³/mol. The molecule has 3 rings (SSSR count). The number of hydrogen-bond donors (Lipinski definition) is 0. The van der Waals surface area contributed by atoms with Gasteiger partial charge in [0.05, 0.1) is 11.6 Å². The highest BCUT2D eigenvalue weighted by Gasteiger charge is 2.17. The van der Waals surface area contributed by atoms with Gasteiger partial charge in [-0.15, -0.1) is 11.3 Å². The third kappa shape index (κ3) is 3.55. The van der Waals surface area contributed by atoms with Gasteiger partial charge in [0.15, 0.2) is 6.61 Å². The van der Waals surface area contributed by atoms with Gasteiger partial charge in [-0.25, -0.2) is 0 Å². The lowest BCUT2D eigenvalue weighted by Crippen LogP contribution is -2.13. The second-order valence-electron chi connectivity index (χ2n) is 5.59. The lowest BCUT2D eigenvalue weighted by atomic mass is 10.1. The van der Waals surface area contributed by atoms with Crippen LogP contribution in [-0.2, 0) is 6.54 Å². The number of rotatable bonds is 6. The van der Waals surface area contributed by atoms with E-state index in [9.17, 15) is 4.79 Å². The maximum atomic E-state index is 12.5. The van der Waals surface area contributed by atoms with Crippen LogP contribution in [0, 0.1) is 13.8 Å². The average Bonchev–Trinajstić information content (AvgIpc) is 3.17. The largest absolute Gasteiger partial charge is 0.484 e. The van der Waals surface area contributed by atoms with Gasteiger partial charge in [-0.3, -0.25) is 4.79 Å². The minimum Gasteiger partial charge on any atom is -0.484 e. The molecule has 2 heterocycles. The zero-order valence-corrected chi connectivity index (χ0v) is 15.2. The first-order valence-corrected chi connectivity index (χ1v) is 8.91. The van der Waals surface area contributed by atoms with E-state index >= 15 is 0 Å². The minimum absolute atomic E-state index is 0.0208. The summed E-state index contributed by atoms with van der Waals surface area (Å²) in [4.78, 5) is 13.8. The molecular weight excluding hydrogens is 342 g/mol. The van der Waals surface area contributed by atoms with Gasteiger partial charge in [-0.1, -0.05) is 29.8 Å². The highest BCUT2D eigenvalue weighted by atomic mass is 35.5. The van der Waals surface area contributed by atoms with E-state index in [1.807, 2.05) is 38.1 Å². The average molecular weight is 360 g/mol. The molecule has 0 fully saturated rings. The normalized spacial score (nSPS) is 10.8. The number of carbonyl (C=O) groups is 1. The van der Waals surface area contributed by atoms with E-state index in [2.05, 4.69) is 16.0 Å². The van der Waals surface area contributed by atoms with Crippen LogP contribution in [0.15, 0.2) is 47.8 Å². The number of nitrogens with zero attached hydrogens (tertiary/aromatic N) is 1. The number of benzene rings is 1. The topological polar surface area (TPSA) is 31.2 Å². The van der Waals surface area contributed by atoms with Crippen LogP contribution in [-0.4, -0.2) is 17.0 Å². The van der Waals surface area contributed by atoms with Gasteiger partial charge in [0.2, 0.25) is 5.78 Å². The number of aryl methyl sites for hydroxylation is 1. The Morgan fingerprint density at radius 2 is 2.00 bits per heavy atom. The third-order valence-electron chi connectivity index (χ3n) is 3.96. The number of ketones is 1. The van der Waals surface area contributed by atoms with Gasteiger partial charge < -0.3 is 9.30 Å². The van der Waals surface area contributed by atoms with Crippen LogP contribution >= 0.6 is 22.9 Å². The Morgan fingerprint density at radius 1 is 1.21 bits per heavy atom. The number of hydrogen-bond acceptors (Lipinski definition) is 3. The SMILES string of the molecule is Cc1cc(C(=O)COc2ccccc2Cl)c(C)n1Cc1cccs1. The van der Waals surface area contributed by atoms with Crippen molar-refractivity contribution in [3.05, 3.63) is 74.7 Å². The van der Waals surface area contributed by atoms with Gasteiger partial charge in [0.25, 0.3) is 0 Å². The van der Waals surface area contributed by atoms with Crippen molar-refractivity contribution in [3.63, 3.8) is 0 Å². The summed E-state index contributed by atoms with van der Waals surface area (Å²) in [5, 5.41) is 2.57. The molecule has 0 saturated heterocycles. The molecule has 2 aromatic heterocycles. The van der Waals surface area contributed by atoms with Crippen molar-refractivity contribution in [2.75, 3.05) is 6.61 Å². The fourth-order valence-corrected chi connectivity index (χ4v) is 3.55. The van der Waals surface area contributed by atoms with Crippen LogP contribution in [0.5, 0.6) is 5.75 Å². The van der Waals surface area contributed by atoms with E-state index in [-0.39, 0.29) is 12.4 Å². The fourth-order valence-electron chi connectivity index (χ4n) is 2.67. The van der Waals surface area contributed by atoms with E-state index in [0.717, 1.165) is 17.9 Å². The fraction of sp³-hybridized carbons (Fsp3) is 0.211. The molecule has 5 heteroatoms. The van der Waals surface area contributed by atoms with Crippen molar-refractivity contribution in [2.45, 2.75) is 20.4 Å². The van der Waals surface area contributed by atoms with E-state index in [0.29, 0.717) is 16.3 Å². The molecule has 0 aliphatic carbocycles. The van der Waals surface area contributed by atoms with E-state index in [1.165, 1.54) is 4.88 Å². The maximum Gasteiger partial charge on any atom is 0.202 e. The number of thiophene rings is 1. The van der Waals surface area contributed by atoms with E-state index in [1.54, 1.807) is 23.5 Å². The maximum absolute atomic E-state index is 12.5. The van der Waals surface area contributed by atoms with Crippen LogP contribution < -0.4 is 4.74 Å². The molecule has 24 heavy (non-hydrogen) atoms. The van der Waals surface area contributed by atoms with Crippen LogP contribution in [0.4, 0.5) is 0 Å². The van der Waals surface area contributed by atoms with E-state index in [4.69, 9.17) is 16.3 Å². The smallest absolute Gasteiger partial charge is 0.202 e. The number of aromatic nitrogens is 1. The van der Waals surface area contributed by atoms with Gasteiger partial charge in [0.1, 0.15) is 5.75 Å². The summed E-state index contributed by atoms with van der Waals surface area (Å²) in [5.41, 5.74) is 2.74. The van der Waals surface area contributed by atoms with Crippen molar-refractivity contribution in [3.8, 4) is 5.75 Å². The Kier molecular flexibility index (Phi) is 5.07. The number of ether oxygens (including phenoxy) is 1. The second-order valence-corrected chi connectivity index (χ2v) is 7.03. The van der Waals surface area contributed by atoms with Crippen molar-refractivity contribution in [2.24, 2.45) is 0 Å². The highest BCUT2D eigenvalue weighted by molar-refractivity contribution is 7.09. The molecule has 0 radical (unpaired) electrons. The van der Waals surface area contributed by atoms with Crippen LogP contribution in [0.25, 0.3) is 0 Å². The Morgan fingerprint density at radius 3 is 2.71 bits per heavy atom. The summed E-state index contributed by atoms with van der Waals surface area (Å²) in [6.07, 6.45) is 0. The number of Topliss-reactive ketones (excluding diaryl/α,β-unsaturated/α-hetero) is 1. The van der Waals surface area contributed by atoms with Crippen molar-refractivity contribution in [1.29, 1.82) is 0 Å². The zero-order valence-electron chi connectivity index (χ0n) is 13.6. The molecule has 0 aliphatic heterocycles. The molecule has 0 spiro atoms. The lowest BCUT2D eigenvalue weighted by molar-refractivity contribution is 0.0921. The summed E-state index contributed by atoms with van der Waals surface area (Å²) >= 11 is 7.77. The van der Waals surface area contributed by atoms with Crippen molar-refractivity contribution < 1.29 is 9.53 Å². The Balaban J connectivity index is 1.74. The molecule has 124 valence electrons. The molecular formula is C19H18ClNO2S. The monoisotopic (exact) mass is 359 g/mol. The Labute approximate surface area is 150 Å². The summed E-state index contributed by atoms with van der Waals surface area (Å²) in [6.45, 7) is 4.76. The summed E-state index contributed by atoms with van der Waals surface area (Å²) in [7, 11) is 0. The Hall–Kier alpha value is -2.04. The van der Waals surface area contributed by atoms with E-state index < -0.39 is 0 Å². The first-order valence-electron chi connectivity index (χ1n) is 7.66. The molecule has 1 aromatic carbocycles. The molecule has 0 aliphatic rings. The zero-order chi connectivity index (χ0) is 17.1. The van der Waals surface area contributed by atoms with Gasteiger partial charge >= 0.3 is 0 Å². The molecule has 3 aromatic rings. The molecule has 0 amide bonds. The molecule has 3 nitrogen and oxygen atoms in total. The first-order chi connectivity index (χ1) is 11.6. The van der Waals surface area contributed by atoms with Crippen molar-refractivity contribution in [1.82, 2.24) is 4.57 Å². The Bertz CT molecular complexity index is 852. The van der Waals surface area contributed by atoms with Crippen LogP contribution in [0.2, 0.25) is 5.02 Å². The first kappa shape index (κ1) is 16.8. The third-order valence-corrected chi connectivity index (χ3v) is 5.14. The summed E-state index contributed by atoms with van der Waals surface area (Å²) < 4.78 is 7.74. The van der Waals surface area contributed by atoms with Crippen LogP contribution in [0.3, 0.4) is 0 Å². The van der Waals surface area contributed by atoms with Gasteiger partial charge in [-0.2, -0.15) is 0 Å².